The van der Waals surface area contributed by atoms with Crippen molar-refractivity contribution in [2.24, 2.45) is 4.99 Å². The number of Topliss-reactive ketones (excluding diaryl/α,β-unsaturated/α-hetero) is 1. The van der Waals surface area contributed by atoms with Crippen LogP contribution in [-0.2, 0) is 4.79 Å². The lowest BCUT2D eigenvalue weighted by Gasteiger charge is -2.05. The summed E-state index contributed by atoms with van der Waals surface area (Å²) in [7, 11) is 0. The van der Waals surface area contributed by atoms with Crippen molar-refractivity contribution in [2.75, 3.05) is 18.4 Å². The van der Waals surface area contributed by atoms with E-state index in [9.17, 15) is 9.59 Å². The van der Waals surface area contributed by atoms with E-state index in [-0.39, 0.29) is 11.7 Å². The fourth-order valence-corrected chi connectivity index (χ4v) is 1.53. The van der Waals surface area contributed by atoms with E-state index in [2.05, 4.69) is 15.6 Å². The maximum absolute atomic E-state index is 11.7. The zero-order valence-electron chi connectivity index (χ0n) is 9.49. The molecule has 0 atom stereocenters. The van der Waals surface area contributed by atoms with Crippen LogP contribution < -0.4 is 10.6 Å². The molecular formula is C12H13N3O2. The molecular weight excluding hydrogens is 218 g/mol. The molecule has 1 aromatic rings. The lowest BCUT2D eigenvalue weighted by Crippen LogP contribution is -2.32. The molecule has 17 heavy (non-hydrogen) atoms. The first-order chi connectivity index (χ1) is 8.16. The molecule has 0 spiro atoms. The molecule has 0 fully saturated rings. The topological polar surface area (TPSA) is 70.6 Å². The van der Waals surface area contributed by atoms with Crippen molar-refractivity contribution in [2.45, 2.75) is 6.92 Å². The van der Waals surface area contributed by atoms with E-state index in [1.54, 1.807) is 24.3 Å². The smallest absolute Gasteiger partial charge is 0.290 e. The predicted octanol–water partition coefficient (Wildman–Crippen LogP) is 0.829. The number of carbonyl (C=O) groups is 2. The highest BCUT2D eigenvalue weighted by molar-refractivity contribution is 6.42. The Morgan fingerprint density at radius 3 is 2.53 bits per heavy atom. The minimum Gasteiger partial charge on any atom is -0.364 e. The average molecular weight is 231 g/mol. The van der Waals surface area contributed by atoms with Crippen molar-refractivity contribution in [3.8, 4) is 0 Å². The molecule has 1 amide bonds. The quantitative estimate of drug-likeness (QED) is 0.757. The monoisotopic (exact) mass is 231 g/mol. The number of hydrogen-bond donors (Lipinski definition) is 2. The molecule has 0 aromatic heterocycles. The number of nitrogens with one attached hydrogen (secondary N) is 2. The van der Waals surface area contributed by atoms with Gasteiger partial charge in [0.1, 0.15) is 0 Å². The molecule has 2 rings (SSSR count). The van der Waals surface area contributed by atoms with Gasteiger partial charge in [-0.1, -0.05) is 0 Å². The fraction of sp³-hybridized carbons (Fsp3) is 0.250. The van der Waals surface area contributed by atoms with Gasteiger partial charge < -0.3 is 10.6 Å². The minimum atomic E-state index is -0.252. The SMILES string of the molecule is CC(=O)c1ccc(NC(=O)C2=NCCN2)cc1. The first kappa shape index (κ1) is 11.3. The highest BCUT2D eigenvalue weighted by Gasteiger charge is 2.14. The molecule has 0 unspecified atom stereocenters. The third-order valence-corrected chi connectivity index (χ3v) is 2.44. The van der Waals surface area contributed by atoms with Gasteiger partial charge in [0.15, 0.2) is 11.6 Å². The van der Waals surface area contributed by atoms with Crippen molar-refractivity contribution < 1.29 is 9.59 Å². The summed E-state index contributed by atoms with van der Waals surface area (Å²) < 4.78 is 0. The van der Waals surface area contributed by atoms with Crippen molar-refractivity contribution in [3.05, 3.63) is 29.8 Å². The number of rotatable bonds is 3. The molecule has 1 aromatic carbocycles. The molecule has 0 aliphatic carbocycles. The number of nitrogens with zero attached hydrogens (tertiary/aromatic N) is 1. The predicted molar refractivity (Wildman–Crippen MR) is 65.4 cm³/mol. The number of amides is 1. The van der Waals surface area contributed by atoms with E-state index in [0.29, 0.717) is 30.2 Å². The lowest BCUT2D eigenvalue weighted by molar-refractivity contribution is -0.110. The molecule has 88 valence electrons. The van der Waals surface area contributed by atoms with Crippen LogP contribution in [0.25, 0.3) is 0 Å². The molecule has 5 nitrogen and oxygen atoms in total. The van der Waals surface area contributed by atoms with Crippen LogP contribution in [0.4, 0.5) is 5.69 Å². The number of aliphatic imine (C=N–C) groups is 1. The second kappa shape index (κ2) is 4.78. The van der Waals surface area contributed by atoms with Crippen LogP contribution in [0.5, 0.6) is 0 Å². The van der Waals surface area contributed by atoms with Gasteiger partial charge in [0.2, 0.25) is 0 Å². The number of anilines is 1. The zero-order valence-corrected chi connectivity index (χ0v) is 9.49. The second-order valence-corrected chi connectivity index (χ2v) is 3.74. The van der Waals surface area contributed by atoms with Crippen molar-refractivity contribution in [1.82, 2.24) is 5.32 Å². The van der Waals surface area contributed by atoms with Gasteiger partial charge in [0, 0.05) is 17.8 Å². The summed E-state index contributed by atoms with van der Waals surface area (Å²) in [6.07, 6.45) is 0. The number of hydrogen-bond acceptors (Lipinski definition) is 4. The lowest BCUT2D eigenvalue weighted by atomic mass is 10.1. The van der Waals surface area contributed by atoms with Crippen LogP contribution in [0.2, 0.25) is 0 Å². The maximum atomic E-state index is 11.7. The molecule has 1 heterocycles. The minimum absolute atomic E-state index is 0.00436. The first-order valence-electron chi connectivity index (χ1n) is 5.37. The van der Waals surface area contributed by atoms with Crippen LogP contribution in [0.3, 0.4) is 0 Å². The molecule has 0 radical (unpaired) electrons. The highest BCUT2D eigenvalue weighted by atomic mass is 16.2. The third-order valence-electron chi connectivity index (χ3n) is 2.44. The van der Waals surface area contributed by atoms with Gasteiger partial charge in [-0.2, -0.15) is 0 Å². The molecule has 0 bridgehead atoms. The fourth-order valence-electron chi connectivity index (χ4n) is 1.53. The Hall–Kier alpha value is -2.17. The van der Waals surface area contributed by atoms with Gasteiger partial charge in [-0.3, -0.25) is 14.6 Å². The number of benzene rings is 1. The number of amidine groups is 1. The third kappa shape index (κ3) is 2.69. The number of carbonyl (C=O) groups excluding carboxylic acids is 2. The summed E-state index contributed by atoms with van der Waals surface area (Å²) in [5.74, 6) is 0.114. The Bertz CT molecular complexity index is 477. The van der Waals surface area contributed by atoms with Crippen LogP contribution >= 0.6 is 0 Å². The van der Waals surface area contributed by atoms with E-state index in [0.717, 1.165) is 0 Å². The van der Waals surface area contributed by atoms with Gasteiger partial charge in [0.05, 0.1) is 6.54 Å². The molecule has 0 saturated heterocycles. The second-order valence-electron chi connectivity index (χ2n) is 3.74. The Morgan fingerprint density at radius 1 is 1.29 bits per heavy atom. The standard InChI is InChI=1S/C12H13N3O2/c1-8(16)9-2-4-10(5-3-9)15-12(17)11-13-6-7-14-11/h2-5H,6-7H2,1H3,(H,13,14)(H,15,17). The number of ketones is 1. The largest absolute Gasteiger partial charge is 0.364 e. The summed E-state index contributed by atoms with van der Waals surface area (Å²) in [6.45, 7) is 2.84. The Morgan fingerprint density at radius 2 is 2.00 bits per heavy atom. The zero-order chi connectivity index (χ0) is 12.3. The van der Waals surface area contributed by atoms with Gasteiger partial charge in [0.25, 0.3) is 5.91 Å². The van der Waals surface area contributed by atoms with Crippen LogP contribution in [-0.4, -0.2) is 30.6 Å². The van der Waals surface area contributed by atoms with Gasteiger partial charge in [-0.25, -0.2) is 0 Å². The summed E-state index contributed by atoms with van der Waals surface area (Å²) in [6, 6.07) is 6.76. The van der Waals surface area contributed by atoms with E-state index >= 15 is 0 Å². The van der Waals surface area contributed by atoms with E-state index < -0.39 is 0 Å². The Labute approximate surface area is 98.9 Å². The van der Waals surface area contributed by atoms with Gasteiger partial charge in [-0.15, -0.1) is 0 Å². The maximum Gasteiger partial charge on any atom is 0.290 e. The highest BCUT2D eigenvalue weighted by Crippen LogP contribution is 2.10. The average Bonchev–Trinajstić information content (AvgIpc) is 2.83. The van der Waals surface area contributed by atoms with Crippen molar-refractivity contribution in [1.29, 1.82) is 0 Å². The summed E-state index contributed by atoms with van der Waals surface area (Å²) >= 11 is 0. The van der Waals surface area contributed by atoms with Crippen LogP contribution in [0, 0.1) is 0 Å². The van der Waals surface area contributed by atoms with E-state index in [4.69, 9.17) is 0 Å². The van der Waals surface area contributed by atoms with Crippen LogP contribution in [0.1, 0.15) is 17.3 Å². The van der Waals surface area contributed by atoms with E-state index in [1.165, 1.54) is 6.92 Å². The molecule has 2 N–H and O–H groups in total. The Kier molecular flexibility index (Phi) is 3.18. The summed E-state index contributed by atoms with van der Waals surface area (Å²) in [5.41, 5.74) is 1.27. The summed E-state index contributed by atoms with van der Waals surface area (Å²) in [4.78, 5) is 26.8. The van der Waals surface area contributed by atoms with Gasteiger partial charge in [-0.05, 0) is 31.2 Å². The van der Waals surface area contributed by atoms with Crippen molar-refractivity contribution in [3.63, 3.8) is 0 Å². The molecule has 0 saturated carbocycles. The normalized spacial score (nSPS) is 13.8. The van der Waals surface area contributed by atoms with E-state index in [1.807, 2.05) is 0 Å². The molecule has 1 aliphatic heterocycles. The first-order valence-corrected chi connectivity index (χ1v) is 5.37. The molecule has 5 heteroatoms. The Balaban J connectivity index is 2.03. The van der Waals surface area contributed by atoms with Crippen LogP contribution in [0.15, 0.2) is 29.3 Å². The summed E-state index contributed by atoms with van der Waals surface area (Å²) in [5, 5.41) is 5.60. The molecule has 1 aliphatic rings. The van der Waals surface area contributed by atoms with Crippen molar-refractivity contribution >= 4 is 23.2 Å². The van der Waals surface area contributed by atoms with Gasteiger partial charge >= 0.3 is 0 Å².